The van der Waals surface area contributed by atoms with Gasteiger partial charge in [-0.1, -0.05) is 0 Å². The van der Waals surface area contributed by atoms with E-state index in [-0.39, 0.29) is 6.10 Å². The van der Waals surface area contributed by atoms with E-state index in [0.717, 1.165) is 0 Å². The summed E-state index contributed by atoms with van der Waals surface area (Å²) >= 11 is 0. The van der Waals surface area contributed by atoms with Crippen molar-refractivity contribution in [1.29, 1.82) is 0 Å². The van der Waals surface area contributed by atoms with Crippen molar-refractivity contribution in [3.05, 3.63) is 0 Å². The van der Waals surface area contributed by atoms with Gasteiger partial charge in [-0.25, -0.2) is 24.0 Å². The first-order chi connectivity index (χ1) is 16.1. The first kappa shape index (κ1) is 35.0. The predicted molar refractivity (Wildman–Crippen MR) is 111 cm³/mol. The van der Waals surface area contributed by atoms with E-state index in [0.29, 0.717) is 39.6 Å². The van der Waals surface area contributed by atoms with Crippen molar-refractivity contribution in [3.63, 3.8) is 0 Å². The summed E-state index contributed by atoms with van der Waals surface area (Å²) in [6.07, 6.45) is -3.01. The molecule has 2 rings (SSSR count). The second-order valence-corrected chi connectivity index (χ2v) is 5.10. The molecule has 0 bridgehead atoms. The average Bonchev–Trinajstić information content (AvgIpc) is 3.45. The van der Waals surface area contributed by atoms with Crippen molar-refractivity contribution >= 4 is 30.8 Å². The Kier molecular flexibility index (Phi) is 26.3. The van der Waals surface area contributed by atoms with Crippen LogP contribution in [0.3, 0.4) is 0 Å². The van der Waals surface area contributed by atoms with Crippen LogP contribution in [-0.4, -0.2) is 97.9 Å². The van der Waals surface area contributed by atoms with Crippen LogP contribution in [0.4, 0.5) is 24.0 Å². The molecule has 0 saturated carbocycles. The first-order valence-corrected chi connectivity index (χ1v) is 9.86. The van der Waals surface area contributed by atoms with Gasteiger partial charge in [0.05, 0.1) is 41.2 Å². The van der Waals surface area contributed by atoms with E-state index in [1.807, 2.05) is 0 Å². The quantitative estimate of drug-likeness (QED) is 0.406. The minimum atomic E-state index is -0.657. The van der Waals surface area contributed by atoms with Gasteiger partial charge in [0.15, 0.2) is 0 Å². The number of carbonyl (C=O) groups is 5. The number of ether oxygens (including phenoxy) is 10. The monoisotopic (exact) mass is 502 g/mol. The minimum Gasteiger partial charge on any atom is -0.438 e. The SMILES string of the molecule is CC1COC(=O)O1.CCOC(=O)OC.CCOC(=O)OCC.COC(=O)OC.O=C1OCCO1. The van der Waals surface area contributed by atoms with Crippen LogP contribution in [-0.2, 0) is 47.4 Å². The molecule has 1 atom stereocenters. The van der Waals surface area contributed by atoms with Crippen LogP contribution in [0.1, 0.15) is 27.7 Å². The van der Waals surface area contributed by atoms with Crippen molar-refractivity contribution in [3.8, 4) is 0 Å². The summed E-state index contributed by atoms with van der Waals surface area (Å²) in [5, 5.41) is 0. The van der Waals surface area contributed by atoms with Gasteiger partial charge in [0.1, 0.15) is 25.9 Å². The highest BCUT2D eigenvalue weighted by Gasteiger charge is 2.19. The molecule has 200 valence electrons. The summed E-state index contributed by atoms with van der Waals surface area (Å²) < 4.78 is 42.9. The van der Waals surface area contributed by atoms with Gasteiger partial charge in [-0.3, -0.25) is 0 Å². The molecule has 0 amide bonds. The van der Waals surface area contributed by atoms with E-state index < -0.39 is 30.8 Å². The standard InChI is InChI=1S/C5H10O3.C4H6O3.C4H8O3.C3H4O3.C3H6O3/c1-3-7-5(6)8-4-2;1-3-2-6-4(5)7-3;1-3-7-4(5)6-2;4-3-5-1-2-6-3;1-5-3(4)6-2/h3-4H2,1-2H3;3H,2H2,1H3;3H2,1-2H3;1-2H2;1-2H3. The van der Waals surface area contributed by atoms with Crippen LogP contribution < -0.4 is 0 Å². The molecule has 15 heteroatoms. The van der Waals surface area contributed by atoms with Gasteiger partial charge in [0.2, 0.25) is 0 Å². The van der Waals surface area contributed by atoms with Gasteiger partial charge in [-0.2, -0.15) is 0 Å². The molecule has 2 heterocycles. The smallest absolute Gasteiger partial charge is 0.438 e. The molecule has 1 unspecified atom stereocenters. The zero-order valence-electron chi connectivity index (χ0n) is 20.4. The molecule has 0 aromatic heterocycles. The van der Waals surface area contributed by atoms with Crippen molar-refractivity contribution in [2.45, 2.75) is 33.8 Å². The lowest BCUT2D eigenvalue weighted by Crippen LogP contribution is -2.05. The lowest BCUT2D eigenvalue weighted by molar-refractivity contribution is 0.0629. The lowest BCUT2D eigenvalue weighted by atomic mass is 10.5. The highest BCUT2D eigenvalue weighted by molar-refractivity contribution is 5.62. The predicted octanol–water partition coefficient (Wildman–Crippen LogP) is 3.06. The van der Waals surface area contributed by atoms with Crippen LogP contribution in [0.5, 0.6) is 0 Å². The fourth-order valence-electron chi connectivity index (χ4n) is 1.25. The normalized spacial score (nSPS) is 14.3. The molecule has 0 spiro atoms. The lowest BCUT2D eigenvalue weighted by Gasteiger charge is -1.98. The maximum absolute atomic E-state index is 10.2. The van der Waals surface area contributed by atoms with Crippen molar-refractivity contribution in [2.24, 2.45) is 0 Å². The van der Waals surface area contributed by atoms with Gasteiger partial charge >= 0.3 is 30.8 Å². The summed E-state index contributed by atoms with van der Waals surface area (Å²) in [7, 11) is 3.79. The molecule has 0 N–H and O–H groups in total. The number of hydrogen-bond acceptors (Lipinski definition) is 15. The number of hydrogen-bond donors (Lipinski definition) is 0. The third-order valence-electron chi connectivity index (χ3n) is 2.54. The molecule has 2 saturated heterocycles. The van der Waals surface area contributed by atoms with Crippen LogP contribution in [0, 0.1) is 0 Å². The summed E-state index contributed by atoms with van der Waals surface area (Å²) in [4.78, 5) is 49.7. The molecule has 2 aliphatic rings. The highest BCUT2D eigenvalue weighted by atomic mass is 16.8. The molecule has 34 heavy (non-hydrogen) atoms. The Morgan fingerprint density at radius 3 is 1.26 bits per heavy atom. The average molecular weight is 502 g/mol. The summed E-state index contributed by atoms with van der Waals surface area (Å²) in [5.41, 5.74) is 0. The molecule has 0 aromatic rings. The number of cyclic esters (lactones) is 4. The van der Waals surface area contributed by atoms with Crippen LogP contribution in [0.25, 0.3) is 0 Å². The minimum absolute atomic E-state index is 0.0486. The third kappa shape index (κ3) is 28.3. The highest BCUT2D eigenvalue weighted by Crippen LogP contribution is 2.02. The van der Waals surface area contributed by atoms with Crippen molar-refractivity contribution < 1.29 is 71.3 Å². The Hall–Kier alpha value is -3.65. The number of rotatable bonds is 3. The Morgan fingerprint density at radius 1 is 0.706 bits per heavy atom. The van der Waals surface area contributed by atoms with E-state index in [4.69, 9.17) is 0 Å². The molecule has 0 radical (unpaired) electrons. The molecule has 15 nitrogen and oxygen atoms in total. The summed E-state index contributed by atoms with van der Waals surface area (Å²) in [5.74, 6) is 0. The molecule has 2 aliphatic heterocycles. The second kappa shape index (κ2) is 25.6. The number of carbonyl (C=O) groups excluding carboxylic acids is 5. The fraction of sp³-hybridized carbons (Fsp3) is 0.737. The largest absolute Gasteiger partial charge is 0.508 e. The Morgan fingerprint density at radius 2 is 1.12 bits per heavy atom. The Balaban J connectivity index is -0.000000355. The first-order valence-electron chi connectivity index (χ1n) is 9.86. The fourth-order valence-corrected chi connectivity index (χ4v) is 1.25. The van der Waals surface area contributed by atoms with Crippen LogP contribution in [0.2, 0.25) is 0 Å². The summed E-state index contributed by atoms with van der Waals surface area (Å²) in [6, 6.07) is 0. The maximum atomic E-state index is 10.2. The van der Waals surface area contributed by atoms with E-state index in [9.17, 15) is 24.0 Å². The Bertz CT molecular complexity index is 534. The second-order valence-electron chi connectivity index (χ2n) is 5.10. The van der Waals surface area contributed by atoms with Gasteiger partial charge in [-0.05, 0) is 27.7 Å². The molecule has 0 aliphatic carbocycles. The van der Waals surface area contributed by atoms with Crippen molar-refractivity contribution in [2.75, 3.05) is 61.0 Å². The van der Waals surface area contributed by atoms with E-state index in [2.05, 4.69) is 47.4 Å². The van der Waals surface area contributed by atoms with E-state index >= 15 is 0 Å². The van der Waals surface area contributed by atoms with E-state index in [1.165, 1.54) is 21.3 Å². The third-order valence-corrected chi connectivity index (χ3v) is 2.54. The zero-order chi connectivity index (χ0) is 26.8. The maximum Gasteiger partial charge on any atom is 0.508 e. The van der Waals surface area contributed by atoms with Gasteiger partial charge in [-0.15, -0.1) is 0 Å². The number of methoxy groups -OCH3 is 3. The molecule has 0 aromatic carbocycles. The molecular weight excluding hydrogens is 468 g/mol. The van der Waals surface area contributed by atoms with Crippen LogP contribution in [0.15, 0.2) is 0 Å². The molecular formula is C19H34O15. The van der Waals surface area contributed by atoms with Crippen LogP contribution >= 0.6 is 0 Å². The van der Waals surface area contributed by atoms with E-state index in [1.54, 1.807) is 27.7 Å². The van der Waals surface area contributed by atoms with Gasteiger partial charge in [0, 0.05) is 0 Å². The van der Waals surface area contributed by atoms with Gasteiger partial charge < -0.3 is 47.4 Å². The molecule has 2 fully saturated rings. The topological polar surface area (TPSA) is 178 Å². The van der Waals surface area contributed by atoms with Gasteiger partial charge in [0.25, 0.3) is 0 Å². The Labute approximate surface area is 197 Å². The zero-order valence-corrected chi connectivity index (χ0v) is 20.4. The summed E-state index contributed by atoms with van der Waals surface area (Å²) in [6.45, 7) is 9.32. The van der Waals surface area contributed by atoms with Crippen molar-refractivity contribution in [1.82, 2.24) is 0 Å².